The van der Waals surface area contributed by atoms with Crippen molar-refractivity contribution >= 4 is 17.3 Å². The molecule has 3 aromatic heterocycles. The summed E-state index contributed by atoms with van der Waals surface area (Å²) in [6.07, 6.45) is 4.22. The number of hydrogen-bond donors (Lipinski definition) is 2. The van der Waals surface area contributed by atoms with E-state index in [-0.39, 0.29) is 23.3 Å². The maximum absolute atomic E-state index is 12.5. The number of hydrogen-bond acceptors (Lipinski definition) is 4. The molecule has 0 atom stereocenters. The zero-order chi connectivity index (χ0) is 17.6. The highest BCUT2D eigenvalue weighted by atomic mass is 16.2. The number of pyridine rings is 2. The van der Waals surface area contributed by atoms with E-state index in [2.05, 4.69) is 20.6 Å². The van der Waals surface area contributed by atoms with Crippen LogP contribution in [-0.2, 0) is 6.54 Å². The Morgan fingerprint density at radius 1 is 1.08 bits per heavy atom. The van der Waals surface area contributed by atoms with E-state index in [4.69, 9.17) is 0 Å². The zero-order valence-corrected chi connectivity index (χ0v) is 13.9. The van der Waals surface area contributed by atoms with Crippen LogP contribution < -0.4 is 10.6 Å². The van der Waals surface area contributed by atoms with Crippen LogP contribution in [0.25, 0.3) is 5.52 Å². The van der Waals surface area contributed by atoms with Gasteiger partial charge in [-0.15, -0.1) is 0 Å². The van der Waals surface area contributed by atoms with Crippen molar-refractivity contribution in [2.45, 2.75) is 19.9 Å². The minimum absolute atomic E-state index is 0.201. The topological polar surface area (TPSA) is 88.4 Å². The Balaban J connectivity index is 1.85. The van der Waals surface area contributed by atoms with Gasteiger partial charge >= 0.3 is 0 Å². The highest BCUT2D eigenvalue weighted by Crippen LogP contribution is 2.13. The Kier molecular flexibility index (Phi) is 5.03. The fourth-order valence-electron chi connectivity index (χ4n) is 2.44. The van der Waals surface area contributed by atoms with E-state index >= 15 is 0 Å². The van der Waals surface area contributed by atoms with Crippen molar-refractivity contribution in [2.24, 2.45) is 0 Å². The van der Waals surface area contributed by atoms with Gasteiger partial charge in [-0.3, -0.25) is 19.0 Å². The number of aromatic nitrogens is 3. The van der Waals surface area contributed by atoms with Gasteiger partial charge in [0.1, 0.15) is 0 Å². The first kappa shape index (κ1) is 16.6. The maximum Gasteiger partial charge on any atom is 0.287 e. The quantitative estimate of drug-likeness (QED) is 0.718. The molecule has 0 aliphatic rings. The second-order valence-electron chi connectivity index (χ2n) is 5.50. The van der Waals surface area contributed by atoms with Crippen LogP contribution in [0.1, 0.15) is 40.1 Å². The molecule has 0 aromatic carbocycles. The van der Waals surface area contributed by atoms with Crippen LogP contribution in [0.15, 0.2) is 48.8 Å². The van der Waals surface area contributed by atoms with Gasteiger partial charge in [0.15, 0.2) is 5.69 Å². The lowest BCUT2D eigenvalue weighted by molar-refractivity contribution is 0.0942. The minimum Gasteiger partial charge on any atom is -0.349 e. The fourth-order valence-corrected chi connectivity index (χ4v) is 2.44. The van der Waals surface area contributed by atoms with Gasteiger partial charge in [-0.05, 0) is 30.7 Å². The molecule has 2 amide bonds. The van der Waals surface area contributed by atoms with E-state index in [0.717, 1.165) is 12.1 Å². The van der Waals surface area contributed by atoms with Gasteiger partial charge in [-0.2, -0.15) is 0 Å². The number of rotatable bonds is 6. The molecule has 0 aliphatic heterocycles. The summed E-state index contributed by atoms with van der Waals surface area (Å²) in [7, 11) is 0. The molecule has 3 aromatic rings. The summed E-state index contributed by atoms with van der Waals surface area (Å²) in [5, 5.41) is 5.58. The summed E-state index contributed by atoms with van der Waals surface area (Å²) in [5.41, 5.74) is 1.56. The normalized spacial score (nSPS) is 10.6. The van der Waals surface area contributed by atoms with Crippen LogP contribution in [-0.4, -0.2) is 32.7 Å². The first-order valence-electron chi connectivity index (χ1n) is 8.14. The molecular formula is C18H19N5O2. The number of nitrogens with one attached hydrogen (secondary N) is 2. The molecule has 0 unspecified atom stereocenters. The maximum atomic E-state index is 12.5. The van der Waals surface area contributed by atoms with E-state index in [1.54, 1.807) is 35.0 Å². The van der Waals surface area contributed by atoms with E-state index < -0.39 is 0 Å². The Morgan fingerprint density at radius 2 is 1.92 bits per heavy atom. The number of amides is 2. The number of carbonyl (C=O) groups excluding carboxylic acids is 2. The van der Waals surface area contributed by atoms with Crippen molar-refractivity contribution in [3.63, 3.8) is 0 Å². The summed E-state index contributed by atoms with van der Waals surface area (Å²) >= 11 is 0. The number of nitrogens with zero attached hydrogens (tertiary/aromatic N) is 3. The third-order valence-corrected chi connectivity index (χ3v) is 3.66. The largest absolute Gasteiger partial charge is 0.349 e. The molecule has 0 radical (unpaired) electrons. The fraction of sp³-hybridized carbons (Fsp3) is 0.222. The molecule has 0 fully saturated rings. The van der Waals surface area contributed by atoms with Crippen LogP contribution >= 0.6 is 0 Å². The molecule has 0 bridgehead atoms. The molecule has 0 saturated heterocycles. The summed E-state index contributed by atoms with van der Waals surface area (Å²) in [6, 6.07) is 10.9. The number of imidazole rings is 1. The van der Waals surface area contributed by atoms with Gasteiger partial charge in [-0.1, -0.05) is 19.1 Å². The summed E-state index contributed by atoms with van der Waals surface area (Å²) < 4.78 is 1.63. The van der Waals surface area contributed by atoms with Gasteiger partial charge in [-0.25, -0.2) is 4.98 Å². The molecule has 128 valence electrons. The minimum atomic E-state index is -0.344. The molecule has 0 saturated carbocycles. The van der Waals surface area contributed by atoms with Crippen molar-refractivity contribution in [3.05, 3.63) is 66.0 Å². The summed E-state index contributed by atoms with van der Waals surface area (Å²) in [4.78, 5) is 33.3. The van der Waals surface area contributed by atoms with E-state index in [9.17, 15) is 9.59 Å². The average molecular weight is 337 g/mol. The van der Waals surface area contributed by atoms with Gasteiger partial charge in [0.25, 0.3) is 11.8 Å². The summed E-state index contributed by atoms with van der Waals surface area (Å²) in [6.45, 7) is 2.82. The highest BCUT2D eigenvalue weighted by molar-refractivity contribution is 6.02. The Labute approximate surface area is 145 Å². The predicted molar refractivity (Wildman–Crippen MR) is 93.2 cm³/mol. The smallest absolute Gasteiger partial charge is 0.287 e. The third kappa shape index (κ3) is 3.65. The Morgan fingerprint density at radius 3 is 2.68 bits per heavy atom. The summed E-state index contributed by atoms with van der Waals surface area (Å²) in [5.74, 6) is -0.442. The second-order valence-corrected chi connectivity index (χ2v) is 5.50. The van der Waals surface area contributed by atoms with E-state index in [1.807, 2.05) is 25.1 Å². The lowest BCUT2D eigenvalue weighted by atomic mass is 10.3. The molecular weight excluding hydrogens is 318 g/mol. The lowest BCUT2D eigenvalue weighted by Crippen LogP contribution is -2.26. The number of carbonyl (C=O) groups is 2. The van der Waals surface area contributed by atoms with Crippen LogP contribution in [0.5, 0.6) is 0 Å². The first-order valence-corrected chi connectivity index (χ1v) is 8.14. The van der Waals surface area contributed by atoms with Gasteiger partial charge < -0.3 is 10.6 Å². The van der Waals surface area contributed by atoms with Crippen LogP contribution in [0, 0.1) is 0 Å². The molecule has 3 rings (SSSR count). The zero-order valence-electron chi connectivity index (χ0n) is 13.9. The second kappa shape index (κ2) is 7.57. The van der Waals surface area contributed by atoms with Crippen molar-refractivity contribution < 1.29 is 9.59 Å². The first-order chi connectivity index (χ1) is 12.2. The van der Waals surface area contributed by atoms with Gasteiger partial charge in [0.05, 0.1) is 17.8 Å². The van der Waals surface area contributed by atoms with Gasteiger partial charge in [0.2, 0.25) is 5.82 Å². The van der Waals surface area contributed by atoms with Crippen molar-refractivity contribution in [1.82, 2.24) is 25.0 Å². The molecule has 0 spiro atoms. The van der Waals surface area contributed by atoms with Crippen LogP contribution in [0.3, 0.4) is 0 Å². The third-order valence-electron chi connectivity index (χ3n) is 3.66. The Hall–Kier alpha value is -3.22. The molecule has 7 nitrogen and oxygen atoms in total. The monoisotopic (exact) mass is 337 g/mol. The lowest BCUT2D eigenvalue weighted by Gasteiger charge is -2.03. The van der Waals surface area contributed by atoms with Gasteiger partial charge in [0, 0.05) is 18.9 Å². The van der Waals surface area contributed by atoms with Crippen molar-refractivity contribution in [1.29, 1.82) is 0 Å². The van der Waals surface area contributed by atoms with Crippen molar-refractivity contribution in [2.75, 3.05) is 6.54 Å². The highest BCUT2D eigenvalue weighted by Gasteiger charge is 2.21. The van der Waals surface area contributed by atoms with Crippen LogP contribution in [0.2, 0.25) is 0 Å². The van der Waals surface area contributed by atoms with E-state index in [0.29, 0.717) is 18.6 Å². The molecule has 2 N–H and O–H groups in total. The van der Waals surface area contributed by atoms with Crippen molar-refractivity contribution in [3.8, 4) is 0 Å². The van der Waals surface area contributed by atoms with Crippen LogP contribution in [0.4, 0.5) is 0 Å². The predicted octanol–water partition coefficient (Wildman–Crippen LogP) is 1.80. The molecule has 25 heavy (non-hydrogen) atoms. The standard InChI is InChI=1S/C18H19N5O2/c1-2-9-20-18(25)16-22-15(14-8-4-6-11-23(14)16)17(24)21-12-13-7-3-5-10-19-13/h3-8,10-11H,2,9,12H2,1H3,(H,20,25)(H,21,24). The van der Waals surface area contributed by atoms with E-state index in [1.165, 1.54) is 0 Å². The Bertz CT molecular complexity index is 889. The number of fused-ring (bicyclic) bond motifs is 1. The molecule has 3 heterocycles. The SMILES string of the molecule is CCCNC(=O)c1nc(C(=O)NCc2ccccn2)c2ccccn12. The molecule has 7 heteroatoms. The average Bonchev–Trinajstić information content (AvgIpc) is 3.05. The molecule has 0 aliphatic carbocycles.